The third-order valence-electron chi connectivity index (χ3n) is 2.78. The summed E-state index contributed by atoms with van der Waals surface area (Å²) in [6.45, 7) is 4.84. The highest BCUT2D eigenvalue weighted by molar-refractivity contribution is 7.85. The van der Waals surface area contributed by atoms with Crippen LogP contribution in [-0.4, -0.2) is 20.5 Å². The summed E-state index contributed by atoms with van der Waals surface area (Å²) in [6.07, 6.45) is 0.177. The van der Waals surface area contributed by atoms with Crippen LogP contribution < -0.4 is 0 Å². The topological polar surface area (TPSA) is 54.4 Å². The third-order valence-corrected chi connectivity index (χ3v) is 4.71. The molecule has 1 rings (SSSR count). The van der Waals surface area contributed by atoms with Crippen molar-refractivity contribution in [3.8, 4) is 0 Å². The van der Waals surface area contributed by atoms with Gasteiger partial charge in [-0.25, -0.2) is 4.79 Å². The molecule has 1 N–H and O–H groups in total. The molecule has 112 valence electrons. The van der Waals surface area contributed by atoms with Crippen LogP contribution in [0.15, 0.2) is 17.0 Å². The minimum absolute atomic E-state index is 0.124. The van der Waals surface area contributed by atoms with Crippen molar-refractivity contribution in [2.24, 2.45) is 0 Å². The third kappa shape index (κ3) is 3.35. The van der Waals surface area contributed by atoms with Gasteiger partial charge in [-0.05, 0) is 35.7 Å². The smallest absolute Gasteiger partial charge is 0.349 e. The van der Waals surface area contributed by atoms with Crippen LogP contribution >= 0.6 is 11.6 Å². The number of carbonyl (C=O) groups is 1. The van der Waals surface area contributed by atoms with Crippen LogP contribution in [0.4, 0.5) is 8.78 Å². The Bertz CT molecular complexity index is 553. The Morgan fingerprint density at radius 2 is 2.00 bits per heavy atom. The predicted molar refractivity (Wildman–Crippen MR) is 74.1 cm³/mol. The van der Waals surface area contributed by atoms with Crippen molar-refractivity contribution in [3.63, 3.8) is 0 Å². The van der Waals surface area contributed by atoms with Crippen molar-refractivity contribution >= 4 is 28.4 Å². The molecule has 0 aromatic heterocycles. The number of hydrogen-bond acceptors (Lipinski definition) is 2. The average molecular weight is 325 g/mol. The van der Waals surface area contributed by atoms with Crippen LogP contribution in [0.1, 0.15) is 42.3 Å². The second kappa shape index (κ2) is 6.18. The number of alkyl halides is 3. The average Bonchev–Trinajstić information content (AvgIpc) is 2.34. The van der Waals surface area contributed by atoms with Crippen molar-refractivity contribution < 1.29 is 22.9 Å². The highest BCUT2D eigenvalue weighted by Gasteiger charge is 2.35. The summed E-state index contributed by atoms with van der Waals surface area (Å²) >= 11 is 5.06. The van der Waals surface area contributed by atoms with Gasteiger partial charge in [-0.2, -0.15) is 8.78 Å². The van der Waals surface area contributed by atoms with E-state index in [0.717, 1.165) is 12.1 Å². The molecule has 1 atom stereocenters. The van der Waals surface area contributed by atoms with Crippen LogP contribution in [0.25, 0.3) is 0 Å². The zero-order valence-corrected chi connectivity index (χ0v) is 12.8. The maximum Gasteiger partial charge on any atom is 0.349 e. The van der Waals surface area contributed by atoms with Gasteiger partial charge in [-0.1, -0.05) is 20.8 Å². The van der Waals surface area contributed by atoms with E-state index < -0.39 is 33.0 Å². The second-order valence-corrected chi connectivity index (χ2v) is 6.89. The number of rotatable bonds is 5. The van der Waals surface area contributed by atoms with Crippen LogP contribution in [0.2, 0.25) is 0 Å². The largest absolute Gasteiger partial charge is 0.478 e. The molecule has 0 heterocycles. The molecule has 7 heteroatoms. The lowest BCUT2D eigenvalue weighted by atomic mass is 10.0. The standard InChI is InChI=1S/C13H15ClF2O3S/c1-4-8-9(12(17)18)5-6-10(13(14,15)16)11(8)20(19)7(2)3/h5-7H,4H2,1-3H3,(H,17,18)/t20-/m1/s1. The maximum absolute atomic E-state index is 13.5. The van der Waals surface area contributed by atoms with E-state index in [-0.39, 0.29) is 22.4 Å². The van der Waals surface area contributed by atoms with Crippen molar-refractivity contribution in [3.05, 3.63) is 28.8 Å². The molecule has 0 radical (unpaired) electrons. The summed E-state index contributed by atoms with van der Waals surface area (Å²) in [5.74, 6) is -1.24. The SMILES string of the molecule is CCc1c(C(=O)O)ccc(C(F)(F)Cl)c1[S@](=O)C(C)C. The number of benzene rings is 1. The summed E-state index contributed by atoms with van der Waals surface area (Å²) in [4.78, 5) is 11.0. The van der Waals surface area contributed by atoms with Gasteiger partial charge in [0, 0.05) is 5.25 Å². The van der Waals surface area contributed by atoms with Crippen LogP contribution in [-0.2, 0) is 22.6 Å². The van der Waals surface area contributed by atoms with E-state index in [2.05, 4.69) is 0 Å². The van der Waals surface area contributed by atoms with E-state index in [1.807, 2.05) is 0 Å². The molecular weight excluding hydrogens is 310 g/mol. The van der Waals surface area contributed by atoms with Gasteiger partial charge in [0.2, 0.25) is 0 Å². The minimum Gasteiger partial charge on any atom is -0.478 e. The molecule has 0 amide bonds. The molecule has 20 heavy (non-hydrogen) atoms. The van der Waals surface area contributed by atoms with Gasteiger partial charge in [0.25, 0.3) is 0 Å². The molecule has 0 aliphatic carbocycles. The Morgan fingerprint density at radius 1 is 1.45 bits per heavy atom. The molecule has 0 saturated heterocycles. The van der Waals surface area contributed by atoms with Gasteiger partial charge in [0.15, 0.2) is 0 Å². The Kier molecular flexibility index (Phi) is 5.27. The monoisotopic (exact) mass is 324 g/mol. The first-order chi connectivity index (χ1) is 9.11. The lowest BCUT2D eigenvalue weighted by Gasteiger charge is -2.20. The lowest BCUT2D eigenvalue weighted by Crippen LogP contribution is -2.18. The van der Waals surface area contributed by atoms with Crippen LogP contribution in [0, 0.1) is 0 Å². The minimum atomic E-state index is -3.69. The summed E-state index contributed by atoms with van der Waals surface area (Å²) in [6, 6.07) is 2.01. The Hall–Kier alpha value is -1.01. The molecular formula is C13H15ClF2O3S. The first-order valence-corrected chi connectivity index (χ1v) is 7.57. The van der Waals surface area contributed by atoms with E-state index in [4.69, 9.17) is 16.7 Å². The fourth-order valence-corrected chi connectivity index (χ4v) is 3.46. The van der Waals surface area contributed by atoms with Gasteiger partial charge in [-0.15, -0.1) is 0 Å². The van der Waals surface area contributed by atoms with E-state index in [9.17, 15) is 17.8 Å². The summed E-state index contributed by atoms with van der Waals surface area (Å²) in [7, 11) is -1.76. The number of halogens is 3. The summed E-state index contributed by atoms with van der Waals surface area (Å²) in [5.41, 5.74) is -0.573. The molecule has 0 aliphatic rings. The van der Waals surface area contributed by atoms with E-state index in [1.165, 1.54) is 0 Å². The zero-order chi connectivity index (χ0) is 15.7. The lowest BCUT2D eigenvalue weighted by molar-refractivity contribution is 0.0692. The highest BCUT2D eigenvalue weighted by Crippen LogP contribution is 2.39. The fourth-order valence-electron chi connectivity index (χ4n) is 1.87. The van der Waals surface area contributed by atoms with E-state index in [0.29, 0.717) is 0 Å². The Morgan fingerprint density at radius 3 is 2.35 bits per heavy atom. The molecule has 1 aromatic rings. The fraction of sp³-hybridized carbons (Fsp3) is 0.462. The van der Waals surface area contributed by atoms with Gasteiger partial charge in [0.05, 0.1) is 26.8 Å². The van der Waals surface area contributed by atoms with Gasteiger partial charge in [-0.3, -0.25) is 4.21 Å². The molecule has 0 unspecified atom stereocenters. The molecule has 0 bridgehead atoms. The number of aromatic carboxylic acids is 1. The van der Waals surface area contributed by atoms with Crippen molar-refractivity contribution in [1.82, 2.24) is 0 Å². The predicted octanol–water partition coefficient (Wildman–Crippen LogP) is 3.75. The molecule has 0 fully saturated rings. The first-order valence-electron chi connectivity index (χ1n) is 5.98. The molecule has 0 saturated carbocycles. The van der Waals surface area contributed by atoms with Crippen LogP contribution in [0.5, 0.6) is 0 Å². The van der Waals surface area contributed by atoms with Crippen molar-refractivity contribution in [1.29, 1.82) is 0 Å². The quantitative estimate of drug-likeness (QED) is 0.839. The molecule has 0 spiro atoms. The Labute approximate surface area is 123 Å². The molecule has 1 aromatic carbocycles. The number of carboxylic acids is 1. The zero-order valence-electron chi connectivity index (χ0n) is 11.2. The Balaban J connectivity index is 3.74. The van der Waals surface area contributed by atoms with E-state index in [1.54, 1.807) is 20.8 Å². The summed E-state index contributed by atoms with van der Waals surface area (Å²) in [5, 5.41) is 4.99. The van der Waals surface area contributed by atoms with Crippen molar-refractivity contribution in [2.45, 2.75) is 42.7 Å². The van der Waals surface area contributed by atoms with E-state index >= 15 is 0 Å². The maximum atomic E-state index is 13.5. The molecule has 0 aliphatic heterocycles. The normalized spacial score (nSPS) is 13.6. The van der Waals surface area contributed by atoms with Gasteiger partial charge >= 0.3 is 11.4 Å². The molecule has 3 nitrogen and oxygen atoms in total. The number of hydrogen-bond donors (Lipinski definition) is 1. The van der Waals surface area contributed by atoms with Crippen molar-refractivity contribution in [2.75, 3.05) is 0 Å². The van der Waals surface area contributed by atoms with Gasteiger partial charge in [0.1, 0.15) is 0 Å². The summed E-state index contributed by atoms with van der Waals surface area (Å²) < 4.78 is 39.2. The second-order valence-electron chi connectivity index (χ2n) is 4.47. The highest BCUT2D eigenvalue weighted by atomic mass is 35.5. The number of carboxylic acid groups (broad SMARTS) is 1. The van der Waals surface area contributed by atoms with Crippen LogP contribution in [0.3, 0.4) is 0 Å². The first kappa shape index (κ1) is 17.0. The van der Waals surface area contributed by atoms with Gasteiger partial charge < -0.3 is 5.11 Å².